The maximum atomic E-state index is 12.1. The van der Waals surface area contributed by atoms with Crippen molar-refractivity contribution in [1.29, 1.82) is 0 Å². The van der Waals surface area contributed by atoms with Crippen molar-refractivity contribution in [3.8, 4) is 16.3 Å². The molecule has 0 aliphatic heterocycles. The van der Waals surface area contributed by atoms with Crippen LogP contribution in [0.25, 0.3) is 10.6 Å². The summed E-state index contributed by atoms with van der Waals surface area (Å²) in [7, 11) is 0. The van der Waals surface area contributed by atoms with Gasteiger partial charge in [-0.05, 0) is 61.9 Å². The fourth-order valence-electron chi connectivity index (χ4n) is 2.10. The monoisotopic (exact) mass is 340 g/mol. The second-order valence-corrected chi connectivity index (χ2v) is 6.55. The van der Waals surface area contributed by atoms with Crippen LogP contribution in [-0.2, 0) is 0 Å². The smallest absolute Gasteiger partial charge is 0.291 e. The van der Waals surface area contributed by atoms with Crippen LogP contribution in [0.15, 0.2) is 47.6 Å². The number of carbonyl (C=O) groups excluding carboxylic acids is 1. The Hall–Kier alpha value is -2.93. The molecule has 2 heterocycles. The molecule has 6 nitrogen and oxygen atoms in total. The van der Waals surface area contributed by atoms with Crippen LogP contribution < -0.4 is 5.43 Å². The summed E-state index contributed by atoms with van der Waals surface area (Å²) < 4.78 is 0. The Bertz CT molecular complexity index is 893. The Morgan fingerprint density at radius 2 is 2.00 bits per heavy atom. The summed E-state index contributed by atoms with van der Waals surface area (Å²) in [6.45, 7) is 3.80. The fraction of sp³-hybridized carbons (Fsp3) is 0.118. The van der Waals surface area contributed by atoms with Crippen LogP contribution in [0.5, 0.6) is 5.75 Å². The first kappa shape index (κ1) is 15.9. The molecule has 0 unspecified atom stereocenters. The highest BCUT2D eigenvalue weighted by Crippen LogP contribution is 2.26. The predicted molar refractivity (Wildman–Crippen MR) is 94.4 cm³/mol. The van der Waals surface area contributed by atoms with E-state index in [1.54, 1.807) is 48.6 Å². The van der Waals surface area contributed by atoms with Gasteiger partial charge in [-0.1, -0.05) is 0 Å². The first-order valence-corrected chi connectivity index (χ1v) is 8.11. The van der Waals surface area contributed by atoms with Gasteiger partial charge in [0, 0.05) is 4.88 Å². The molecule has 0 bridgehead atoms. The van der Waals surface area contributed by atoms with Crippen molar-refractivity contribution in [2.45, 2.75) is 13.8 Å². The number of amides is 1. The Morgan fingerprint density at radius 1 is 1.25 bits per heavy atom. The van der Waals surface area contributed by atoms with Crippen LogP contribution in [0.3, 0.4) is 0 Å². The van der Waals surface area contributed by atoms with Crippen molar-refractivity contribution in [2.75, 3.05) is 0 Å². The number of hydrogen-bond donors (Lipinski definition) is 3. The number of carbonyl (C=O) groups is 1. The number of aromatic amines is 1. The molecule has 3 N–H and O–H groups in total. The van der Waals surface area contributed by atoms with E-state index in [0.29, 0.717) is 5.71 Å². The zero-order chi connectivity index (χ0) is 17.1. The number of nitrogens with one attached hydrogen (secondary N) is 2. The molecular formula is C17H16N4O2S. The van der Waals surface area contributed by atoms with Gasteiger partial charge in [0.25, 0.3) is 5.91 Å². The third-order valence-electron chi connectivity index (χ3n) is 3.43. The molecule has 0 aliphatic carbocycles. The average Bonchev–Trinajstić information content (AvgIpc) is 3.22. The van der Waals surface area contributed by atoms with Gasteiger partial charge in [-0.15, -0.1) is 11.3 Å². The van der Waals surface area contributed by atoms with E-state index in [1.807, 2.05) is 19.1 Å². The fourth-order valence-corrected chi connectivity index (χ4v) is 2.94. The average molecular weight is 340 g/mol. The second-order valence-electron chi connectivity index (χ2n) is 5.26. The number of thiophene rings is 1. The molecule has 3 aromatic rings. The standard InChI is InChI=1S/C17H16N4O2S/c1-10-3-8-16(24-10)14-9-15(20-19-14)17(23)21-18-11(2)12-4-6-13(22)7-5-12/h3-9,22H,1-2H3,(H,19,20)(H,21,23). The number of aromatic hydroxyl groups is 1. The summed E-state index contributed by atoms with van der Waals surface area (Å²) in [5.74, 6) is -0.202. The number of aromatic nitrogens is 2. The number of rotatable bonds is 4. The highest BCUT2D eigenvalue weighted by molar-refractivity contribution is 7.15. The van der Waals surface area contributed by atoms with Gasteiger partial charge in [-0.25, -0.2) is 5.43 Å². The van der Waals surface area contributed by atoms with Crippen molar-refractivity contribution in [1.82, 2.24) is 15.6 Å². The second kappa shape index (κ2) is 6.67. The predicted octanol–water partition coefficient (Wildman–Crippen LogP) is 3.31. The lowest BCUT2D eigenvalue weighted by Gasteiger charge is -2.01. The van der Waals surface area contributed by atoms with Gasteiger partial charge < -0.3 is 5.11 Å². The van der Waals surface area contributed by atoms with Crippen molar-refractivity contribution >= 4 is 23.0 Å². The van der Waals surface area contributed by atoms with E-state index in [0.717, 1.165) is 16.1 Å². The number of phenols is 1. The molecule has 0 saturated carbocycles. The van der Waals surface area contributed by atoms with E-state index in [9.17, 15) is 9.90 Å². The quantitative estimate of drug-likeness (QED) is 0.503. The maximum absolute atomic E-state index is 12.1. The van der Waals surface area contributed by atoms with E-state index in [2.05, 4.69) is 20.7 Å². The van der Waals surface area contributed by atoms with Gasteiger partial charge in [0.1, 0.15) is 5.75 Å². The lowest BCUT2D eigenvalue weighted by molar-refractivity contribution is 0.0950. The Kier molecular flexibility index (Phi) is 4.43. The van der Waals surface area contributed by atoms with E-state index in [-0.39, 0.29) is 17.4 Å². The lowest BCUT2D eigenvalue weighted by Crippen LogP contribution is -2.19. The molecule has 1 aromatic carbocycles. The molecule has 0 aliphatic rings. The van der Waals surface area contributed by atoms with Gasteiger partial charge in [0.05, 0.1) is 16.3 Å². The van der Waals surface area contributed by atoms with Crippen LogP contribution in [0.1, 0.15) is 27.9 Å². The number of hydrogen-bond acceptors (Lipinski definition) is 5. The summed E-state index contributed by atoms with van der Waals surface area (Å²) in [6.07, 6.45) is 0. The summed E-state index contributed by atoms with van der Waals surface area (Å²) in [4.78, 5) is 14.4. The summed E-state index contributed by atoms with van der Waals surface area (Å²) in [6, 6.07) is 12.3. The maximum Gasteiger partial charge on any atom is 0.291 e. The summed E-state index contributed by atoms with van der Waals surface area (Å²) >= 11 is 1.63. The van der Waals surface area contributed by atoms with Crippen LogP contribution in [-0.4, -0.2) is 26.9 Å². The van der Waals surface area contributed by atoms with E-state index >= 15 is 0 Å². The van der Waals surface area contributed by atoms with Gasteiger partial charge >= 0.3 is 0 Å². The molecule has 0 radical (unpaired) electrons. The van der Waals surface area contributed by atoms with E-state index < -0.39 is 0 Å². The number of hydrazone groups is 1. The molecule has 2 aromatic heterocycles. The van der Waals surface area contributed by atoms with Crippen molar-refractivity contribution in [3.63, 3.8) is 0 Å². The number of nitrogens with zero attached hydrogens (tertiary/aromatic N) is 2. The normalized spacial score (nSPS) is 11.5. The molecule has 0 saturated heterocycles. The van der Waals surface area contributed by atoms with Crippen molar-refractivity contribution in [2.24, 2.45) is 5.10 Å². The molecule has 3 rings (SSSR count). The number of aryl methyl sites for hydroxylation is 1. The number of benzene rings is 1. The molecule has 7 heteroatoms. The Labute approximate surface area is 142 Å². The Morgan fingerprint density at radius 3 is 2.67 bits per heavy atom. The summed E-state index contributed by atoms with van der Waals surface area (Å²) in [5, 5.41) is 20.2. The molecule has 1 amide bonds. The topological polar surface area (TPSA) is 90.4 Å². The first-order valence-electron chi connectivity index (χ1n) is 7.29. The van der Waals surface area contributed by atoms with Crippen LogP contribution >= 0.6 is 11.3 Å². The molecule has 0 spiro atoms. The molecule has 0 atom stereocenters. The molecule has 0 fully saturated rings. The van der Waals surface area contributed by atoms with E-state index in [4.69, 9.17) is 0 Å². The molecule has 24 heavy (non-hydrogen) atoms. The largest absolute Gasteiger partial charge is 0.508 e. The summed E-state index contributed by atoms with van der Waals surface area (Å²) in [5.41, 5.74) is 5.01. The highest BCUT2D eigenvalue weighted by Gasteiger charge is 2.12. The van der Waals surface area contributed by atoms with Crippen LogP contribution in [0, 0.1) is 6.92 Å². The van der Waals surface area contributed by atoms with Gasteiger partial charge in [0.15, 0.2) is 5.69 Å². The van der Waals surface area contributed by atoms with Crippen molar-refractivity contribution < 1.29 is 9.90 Å². The minimum Gasteiger partial charge on any atom is -0.508 e. The lowest BCUT2D eigenvalue weighted by atomic mass is 10.1. The molecular weight excluding hydrogens is 324 g/mol. The SMILES string of the molecule is CC(=NNC(=O)c1cc(-c2ccc(C)s2)[nH]n1)c1ccc(O)cc1. The van der Waals surface area contributed by atoms with Crippen LogP contribution in [0.2, 0.25) is 0 Å². The zero-order valence-corrected chi connectivity index (χ0v) is 14.0. The number of H-pyrrole nitrogens is 1. The highest BCUT2D eigenvalue weighted by atomic mass is 32.1. The minimum absolute atomic E-state index is 0.184. The third kappa shape index (κ3) is 3.52. The molecule has 122 valence electrons. The first-order chi connectivity index (χ1) is 11.5. The van der Waals surface area contributed by atoms with Crippen molar-refractivity contribution in [3.05, 3.63) is 58.6 Å². The van der Waals surface area contributed by atoms with Gasteiger partial charge in [-0.2, -0.15) is 10.2 Å². The Balaban J connectivity index is 1.70. The zero-order valence-electron chi connectivity index (χ0n) is 13.2. The third-order valence-corrected chi connectivity index (χ3v) is 4.46. The van der Waals surface area contributed by atoms with Gasteiger partial charge in [0.2, 0.25) is 0 Å². The van der Waals surface area contributed by atoms with Gasteiger partial charge in [-0.3, -0.25) is 9.89 Å². The minimum atomic E-state index is -0.385. The van der Waals surface area contributed by atoms with Crippen LogP contribution in [0.4, 0.5) is 0 Å². The van der Waals surface area contributed by atoms with E-state index in [1.165, 1.54) is 4.88 Å². The number of phenolic OH excluding ortho intramolecular Hbond substituents is 1.